The van der Waals surface area contributed by atoms with Crippen molar-refractivity contribution >= 4 is 11.9 Å². The molecule has 1 heterocycles. The predicted molar refractivity (Wildman–Crippen MR) is 60.5 cm³/mol. The second-order valence-corrected chi connectivity index (χ2v) is 3.76. The Morgan fingerprint density at radius 2 is 2.18 bits per heavy atom. The zero-order valence-corrected chi connectivity index (χ0v) is 10.0. The summed E-state index contributed by atoms with van der Waals surface area (Å²) in [5, 5.41) is 11.4. The Labute approximate surface area is 100 Å². The number of imide groups is 1. The number of hydrogen-bond acceptors (Lipinski definition) is 5. The molecule has 0 aromatic rings. The Balaban J connectivity index is 2.34. The number of aliphatic hydroxyl groups excluding tert-OH is 1. The minimum atomic E-state index is -0.342. The van der Waals surface area contributed by atoms with Gasteiger partial charge in [-0.2, -0.15) is 0 Å². The molecule has 0 aliphatic carbocycles. The van der Waals surface area contributed by atoms with Gasteiger partial charge in [-0.3, -0.25) is 14.6 Å². The van der Waals surface area contributed by atoms with E-state index in [0.29, 0.717) is 32.8 Å². The summed E-state index contributed by atoms with van der Waals surface area (Å²) >= 11 is 0. The van der Waals surface area contributed by atoms with Gasteiger partial charge in [-0.1, -0.05) is 0 Å². The Hall–Kier alpha value is -1.18. The summed E-state index contributed by atoms with van der Waals surface area (Å²) in [7, 11) is 1.61. The number of hydrogen-bond donors (Lipinski definition) is 2. The lowest BCUT2D eigenvalue weighted by molar-refractivity contribution is -0.125. The van der Waals surface area contributed by atoms with Crippen molar-refractivity contribution in [1.82, 2.24) is 15.1 Å². The van der Waals surface area contributed by atoms with E-state index in [0.717, 1.165) is 0 Å². The van der Waals surface area contributed by atoms with Crippen LogP contribution in [0.15, 0.2) is 0 Å². The van der Waals surface area contributed by atoms with Gasteiger partial charge in [-0.05, 0) is 0 Å². The van der Waals surface area contributed by atoms with Crippen molar-refractivity contribution in [1.29, 1.82) is 0 Å². The number of carbonyl (C=O) groups excluding carboxylic acids is 2. The maximum atomic E-state index is 11.3. The smallest absolute Gasteiger partial charge is 0.324 e. The molecule has 0 saturated carbocycles. The van der Waals surface area contributed by atoms with Crippen LogP contribution in [0, 0.1) is 0 Å². The minimum absolute atomic E-state index is 0.0455. The Morgan fingerprint density at radius 1 is 1.41 bits per heavy atom. The van der Waals surface area contributed by atoms with Gasteiger partial charge in [-0.25, -0.2) is 4.79 Å². The maximum absolute atomic E-state index is 11.3. The van der Waals surface area contributed by atoms with Gasteiger partial charge in [0.15, 0.2) is 0 Å². The van der Waals surface area contributed by atoms with Crippen molar-refractivity contribution in [3.05, 3.63) is 0 Å². The number of methoxy groups -OCH3 is 1. The Kier molecular flexibility index (Phi) is 5.88. The molecule has 0 atom stereocenters. The number of nitrogens with one attached hydrogen (secondary N) is 1. The van der Waals surface area contributed by atoms with Crippen LogP contribution in [0.1, 0.15) is 0 Å². The van der Waals surface area contributed by atoms with E-state index in [1.54, 1.807) is 7.11 Å². The number of nitrogens with zero attached hydrogens (tertiary/aromatic N) is 2. The van der Waals surface area contributed by atoms with Crippen molar-refractivity contribution in [3.63, 3.8) is 0 Å². The number of ether oxygens (including phenoxy) is 1. The molecule has 3 amide bonds. The molecule has 7 heteroatoms. The second-order valence-electron chi connectivity index (χ2n) is 3.76. The van der Waals surface area contributed by atoms with Crippen molar-refractivity contribution in [3.8, 4) is 0 Å². The van der Waals surface area contributed by atoms with Gasteiger partial charge < -0.3 is 15.2 Å². The van der Waals surface area contributed by atoms with Crippen LogP contribution in [0.3, 0.4) is 0 Å². The summed E-state index contributed by atoms with van der Waals surface area (Å²) < 4.78 is 4.95. The highest BCUT2D eigenvalue weighted by molar-refractivity contribution is 6.01. The monoisotopic (exact) mass is 245 g/mol. The van der Waals surface area contributed by atoms with E-state index < -0.39 is 0 Å². The molecule has 98 valence electrons. The molecule has 0 unspecified atom stereocenters. The van der Waals surface area contributed by atoms with Gasteiger partial charge in [-0.15, -0.1) is 0 Å². The molecule has 0 radical (unpaired) electrons. The first-order valence-electron chi connectivity index (χ1n) is 5.59. The molecule has 0 spiro atoms. The molecule has 1 rings (SSSR count). The average molecular weight is 245 g/mol. The van der Waals surface area contributed by atoms with Crippen LogP contribution in [-0.2, 0) is 9.53 Å². The molecule has 0 aromatic heterocycles. The second kappa shape index (κ2) is 7.21. The van der Waals surface area contributed by atoms with E-state index in [4.69, 9.17) is 9.84 Å². The van der Waals surface area contributed by atoms with Crippen molar-refractivity contribution < 1.29 is 19.4 Å². The number of amides is 3. The molecule has 1 aliphatic rings. The molecule has 2 N–H and O–H groups in total. The van der Waals surface area contributed by atoms with E-state index in [9.17, 15) is 9.59 Å². The average Bonchev–Trinajstić information content (AvgIpc) is 2.63. The molecule has 0 bridgehead atoms. The Morgan fingerprint density at radius 3 is 2.71 bits per heavy atom. The summed E-state index contributed by atoms with van der Waals surface area (Å²) in [6.45, 7) is 2.74. The summed E-state index contributed by atoms with van der Waals surface area (Å²) in [6, 6.07) is -0.342. The normalized spacial score (nSPS) is 15.8. The van der Waals surface area contributed by atoms with Crippen LogP contribution in [0.2, 0.25) is 0 Å². The molecule has 17 heavy (non-hydrogen) atoms. The van der Waals surface area contributed by atoms with Gasteiger partial charge in [0.1, 0.15) is 0 Å². The fourth-order valence-corrected chi connectivity index (χ4v) is 1.62. The molecule has 0 aromatic carbocycles. The number of aliphatic hydroxyl groups is 1. The summed E-state index contributed by atoms with van der Waals surface area (Å²) in [5.74, 6) is -0.203. The zero-order chi connectivity index (χ0) is 12.7. The van der Waals surface area contributed by atoms with E-state index in [2.05, 4.69) is 5.32 Å². The van der Waals surface area contributed by atoms with Crippen LogP contribution in [0.4, 0.5) is 4.79 Å². The van der Waals surface area contributed by atoms with Crippen LogP contribution < -0.4 is 5.32 Å². The summed E-state index contributed by atoms with van der Waals surface area (Å²) in [6.07, 6.45) is 0. The standard InChI is InChI=1S/C10H19N3O4/c1-17-7-5-12(4-6-14)2-3-13-9(15)8-11-10(13)16/h14H,2-8H2,1H3,(H,11,16). The van der Waals surface area contributed by atoms with Crippen LogP contribution in [0.25, 0.3) is 0 Å². The first-order chi connectivity index (χ1) is 8.19. The van der Waals surface area contributed by atoms with E-state index in [-0.39, 0.29) is 25.1 Å². The highest BCUT2D eigenvalue weighted by atomic mass is 16.5. The molecule has 1 saturated heterocycles. The van der Waals surface area contributed by atoms with Crippen LogP contribution in [0.5, 0.6) is 0 Å². The fraction of sp³-hybridized carbons (Fsp3) is 0.800. The van der Waals surface area contributed by atoms with Crippen molar-refractivity contribution in [2.45, 2.75) is 0 Å². The first kappa shape index (κ1) is 13.9. The molecular formula is C10H19N3O4. The lowest BCUT2D eigenvalue weighted by Gasteiger charge is -2.23. The minimum Gasteiger partial charge on any atom is -0.395 e. The largest absolute Gasteiger partial charge is 0.395 e. The zero-order valence-electron chi connectivity index (χ0n) is 10.0. The number of carbonyl (C=O) groups is 2. The highest BCUT2D eigenvalue weighted by Gasteiger charge is 2.28. The summed E-state index contributed by atoms with van der Waals surface area (Å²) in [5.41, 5.74) is 0. The number of rotatable bonds is 8. The fourth-order valence-electron chi connectivity index (χ4n) is 1.62. The molecule has 1 aliphatic heterocycles. The van der Waals surface area contributed by atoms with Gasteiger partial charge in [0.2, 0.25) is 5.91 Å². The van der Waals surface area contributed by atoms with E-state index >= 15 is 0 Å². The predicted octanol–water partition coefficient (Wildman–Crippen LogP) is -1.52. The Bertz CT molecular complexity index is 256. The third-order valence-corrected chi connectivity index (χ3v) is 2.60. The quantitative estimate of drug-likeness (QED) is 0.507. The SMILES string of the molecule is COCCN(CCO)CCN1C(=O)CNC1=O. The molecular weight excluding hydrogens is 226 g/mol. The van der Waals surface area contributed by atoms with E-state index in [1.807, 2.05) is 4.90 Å². The van der Waals surface area contributed by atoms with Crippen LogP contribution >= 0.6 is 0 Å². The maximum Gasteiger partial charge on any atom is 0.324 e. The summed E-state index contributed by atoms with van der Waals surface area (Å²) in [4.78, 5) is 25.7. The van der Waals surface area contributed by atoms with E-state index in [1.165, 1.54) is 4.90 Å². The number of urea groups is 1. The van der Waals surface area contributed by atoms with Crippen LogP contribution in [-0.4, -0.2) is 79.9 Å². The first-order valence-corrected chi connectivity index (χ1v) is 5.59. The van der Waals surface area contributed by atoms with Gasteiger partial charge >= 0.3 is 6.03 Å². The third-order valence-electron chi connectivity index (χ3n) is 2.60. The highest BCUT2D eigenvalue weighted by Crippen LogP contribution is 1.99. The topological polar surface area (TPSA) is 82.1 Å². The molecule has 7 nitrogen and oxygen atoms in total. The van der Waals surface area contributed by atoms with Crippen molar-refractivity contribution in [2.75, 3.05) is 53.0 Å². The third kappa shape index (κ3) is 4.29. The van der Waals surface area contributed by atoms with Crippen molar-refractivity contribution in [2.24, 2.45) is 0 Å². The van der Waals surface area contributed by atoms with Gasteiger partial charge in [0.05, 0.1) is 19.8 Å². The lowest BCUT2D eigenvalue weighted by Crippen LogP contribution is -2.40. The van der Waals surface area contributed by atoms with Gasteiger partial charge in [0.25, 0.3) is 0 Å². The van der Waals surface area contributed by atoms with Gasteiger partial charge in [0, 0.05) is 33.3 Å². The lowest BCUT2D eigenvalue weighted by atomic mass is 10.4. The molecule has 1 fully saturated rings.